The molecule has 0 bridgehead atoms. The molecule has 68 valence electrons. The predicted octanol–water partition coefficient (Wildman–Crippen LogP) is 3.96. The second-order valence-electron chi connectivity index (χ2n) is 2.77. The van der Waals surface area contributed by atoms with Crippen molar-refractivity contribution in [2.45, 2.75) is 13.3 Å². The summed E-state index contributed by atoms with van der Waals surface area (Å²) in [7, 11) is 0. The summed E-state index contributed by atoms with van der Waals surface area (Å²) in [5, 5.41) is 0.292. The normalized spacial score (nSPS) is 30.2. The molecule has 0 nitrogen and oxygen atoms in total. The van der Waals surface area contributed by atoms with Crippen LogP contribution in [0, 0.1) is 11.8 Å². The van der Waals surface area contributed by atoms with E-state index in [1.807, 2.05) is 22.6 Å². The van der Waals surface area contributed by atoms with Crippen LogP contribution in [0.3, 0.4) is 0 Å². The Morgan fingerprint density at radius 3 is 2.58 bits per heavy atom. The number of hydrogen-bond donors (Lipinski definition) is 0. The minimum Gasteiger partial charge on any atom is -0.210 e. The van der Waals surface area contributed by atoms with Gasteiger partial charge >= 0.3 is 0 Å². The molecule has 0 saturated heterocycles. The summed E-state index contributed by atoms with van der Waals surface area (Å²) < 4.78 is 25.6. The molecule has 0 spiro atoms. The Kier molecular flexibility index (Phi) is 3.52. The zero-order chi connectivity index (χ0) is 9.30. The van der Waals surface area contributed by atoms with Crippen molar-refractivity contribution in [2.24, 2.45) is 11.8 Å². The van der Waals surface area contributed by atoms with Crippen LogP contribution in [0.1, 0.15) is 6.92 Å². The molecule has 0 N–H and O–H groups in total. The van der Waals surface area contributed by atoms with Crippen molar-refractivity contribution in [1.29, 1.82) is 0 Å². The van der Waals surface area contributed by atoms with Crippen molar-refractivity contribution < 1.29 is 8.78 Å². The monoisotopic (exact) mass is 304 g/mol. The van der Waals surface area contributed by atoms with Gasteiger partial charge in [0.05, 0.1) is 5.92 Å². The standard InChI is InChI=1S/C8H8ClF2I/c1-4-2-3-5(12)7(9)6(4)8(10)11/h2-4,6,8H,1H3. The van der Waals surface area contributed by atoms with Crippen LogP contribution in [0.25, 0.3) is 0 Å². The van der Waals surface area contributed by atoms with Gasteiger partial charge in [-0.25, -0.2) is 8.78 Å². The molecule has 0 amide bonds. The van der Waals surface area contributed by atoms with Crippen LogP contribution in [-0.2, 0) is 0 Å². The summed E-state index contributed by atoms with van der Waals surface area (Å²) in [5.41, 5.74) is 0. The van der Waals surface area contributed by atoms with Crippen LogP contribution in [0.5, 0.6) is 0 Å². The van der Waals surface area contributed by atoms with Gasteiger partial charge in [-0.15, -0.1) is 0 Å². The molecule has 0 aromatic rings. The van der Waals surface area contributed by atoms with Crippen molar-refractivity contribution in [3.05, 3.63) is 20.8 Å². The average molecular weight is 305 g/mol. The fraction of sp³-hybridized carbons (Fsp3) is 0.500. The number of rotatable bonds is 1. The van der Waals surface area contributed by atoms with Gasteiger partial charge in [-0.1, -0.05) is 30.7 Å². The highest BCUT2D eigenvalue weighted by Gasteiger charge is 2.31. The van der Waals surface area contributed by atoms with Gasteiger partial charge in [0.1, 0.15) is 0 Å². The molecule has 1 rings (SSSR count). The maximum absolute atomic E-state index is 12.4. The number of alkyl halides is 2. The van der Waals surface area contributed by atoms with Gasteiger partial charge in [-0.2, -0.15) is 0 Å². The molecule has 0 radical (unpaired) electrons. The zero-order valence-electron chi connectivity index (χ0n) is 6.40. The average Bonchev–Trinajstić information content (AvgIpc) is 1.97. The van der Waals surface area contributed by atoms with Crippen LogP contribution < -0.4 is 0 Å². The molecule has 1 aliphatic rings. The Morgan fingerprint density at radius 1 is 1.58 bits per heavy atom. The Hall–Kier alpha value is 0.360. The third-order valence-corrected chi connectivity index (χ3v) is 3.62. The summed E-state index contributed by atoms with van der Waals surface area (Å²) in [4.78, 5) is 0. The van der Waals surface area contributed by atoms with Gasteiger partial charge in [0.2, 0.25) is 6.43 Å². The second kappa shape index (κ2) is 4.05. The number of halogens is 4. The lowest BCUT2D eigenvalue weighted by Crippen LogP contribution is -2.21. The molecule has 0 aromatic heterocycles. The van der Waals surface area contributed by atoms with Crippen molar-refractivity contribution >= 4 is 34.2 Å². The van der Waals surface area contributed by atoms with Gasteiger partial charge in [0, 0.05) is 8.61 Å². The van der Waals surface area contributed by atoms with Gasteiger partial charge < -0.3 is 0 Å². The molecule has 0 aliphatic heterocycles. The van der Waals surface area contributed by atoms with E-state index in [0.29, 0.717) is 5.03 Å². The minimum atomic E-state index is -2.37. The highest BCUT2D eigenvalue weighted by molar-refractivity contribution is 14.1. The van der Waals surface area contributed by atoms with E-state index < -0.39 is 12.3 Å². The molecule has 0 fully saturated rings. The Balaban J connectivity index is 2.92. The molecule has 2 atom stereocenters. The topological polar surface area (TPSA) is 0 Å². The summed E-state index contributed by atoms with van der Waals surface area (Å²) in [5.74, 6) is -0.986. The minimum absolute atomic E-state index is 0.170. The highest BCUT2D eigenvalue weighted by Crippen LogP contribution is 2.38. The lowest BCUT2D eigenvalue weighted by Gasteiger charge is -2.24. The highest BCUT2D eigenvalue weighted by atomic mass is 127. The maximum Gasteiger partial charge on any atom is 0.246 e. The first-order valence-corrected chi connectivity index (χ1v) is 5.01. The van der Waals surface area contributed by atoms with Crippen molar-refractivity contribution in [1.82, 2.24) is 0 Å². The third kappa shape index (κ3) is 1.99. The number of hydrogen-bond acceptors (Lipinski definition) is 0. The van der Waals surface area contributed by atoms with Crippen LogP contribution in [0.4, 0.5) is 8.78 Å². The van der Waals surface area contributed by atoms with E-state index in [1.54, 1.807) is 19.1 Å². The molecule has 1 aliphatic carbocycles. The molecular formula is C8H8ClF2I. The Morgan fingerprint density at radius 2 is 2.17 bits per heavy atom. The fourth-order valence-electron chi connectivity index (χ4n) is 1.17. The molecule has 0 heterocycles. The van der Waals surface area contributed by atoms with E-state index in [-0.39, 0.29) is 5.92 Å². The second-order valence-corrected chi connectivity index (χ2v) is 4.34. The molecule has 2 unspecified atom stereocenters. The lowest BCUT2D eigenvalue weighted by atomic mass is 9.90. The van der Waals surface area contributed by atoms with Crippen molar-refractivity contribution in [3.63, 3.8) is 0 Å². The van der Waals surface area contributed by atoms with E-state index in [9.17, 15) is 8.78 Å². The van der Waals surface area contributed by atoms with Crippen LogP contribution >= 0.6 is 34.2 Å². The lowest BCUT2D eigenvalue weighted by molar-refractivity contribution is 0.0806. The smallest absolute Gasteiger partial charge is 0.210 e. The van der Waals surface area contributed by atoms with Gasteiger partial charge in [-0.3, -0.25) is 0 Å². The first-order valence-electron chi connectivity index (χ1n) is 3.55. The first kappa shape index (κ1) is 10.4. The molecule has 12 heavy (non-hydrogen) atoms. The molecule has 0 aromatic carbocycles. The summed E-state index contributed by atoms with van der Waals surface area (Å²) in [6, 6.07) is 0. The van der Waals surface area contributed by atoms with Gasteiger partial charge in [0.15, 0.2) is 0 Å². The van der Waals surface area contributed by atoms with Gasteiger partial charge in [-0.05, 0) is 28.5 Å². The summed E-state index contributed by atoms with van der Waals surface area (Å²) in [6.45, 7) is 1.75. The largest absolute Gasteiger partial charge is 0.246 e. The van der Waals surface area contributed by atoms with Crippen molar-refractivity contribution in [3.8, 4) is 0 Å². The molecule has 4 heteroatoms. The van der Waals surface area contributed by atoms with Crippen LogP contribution in [0.2, 0.25) is 0 Å². The molecule has 0 saturated carbocycles. The van der Waals surface area contributed by atoms with Gasteiger partial charge in [0.25, 0.3) is 0 Å². The Bertz CT molecular complexity index is 235. The number of allylic oxidation sites excluding steroid dienone is 4. The van der Waals surface area contributed by atoms with E-state index >= 15 is 0 Å². The Labute approximate surface area is 88.8 Å². The first-order chi connectivity index (χ1) is 5.54. The molecular weight excluding hydrogens is 296 g/mol. The maximum atomic E-state index is 12.4. The predicted molar refractivity (Wildman–Crippen MR) is 54.7 cm³/mol. The van der Waals surface area contributed by atoms with Crippen LogP contribution in [-0.4, -0.2) is 6.43 Å². The summed E-state index contributed by atoms with van der Waals surface area (Å²) >= 11 is 7.73. The fourth-order valence-corrected chi connectivity index (χ4v) is 2.09. The van der Waals surface area contributed by atoms with E-state index in [4.69, 9.17) is 11.6 Å². The zero-order valence-corrected chi connectivity index (χ0v) is 9.31. The SMILES string of the molecule is CC1C=CC(I)=C(Cl)C1C(F)F. The summed E-state index contributed by atoms with van der Waals surface area (Å²) in [6.07, 6.45) is 1.18. The van der Waals surface area contributed by atoms with Crippen molar-refractivity contribution in [2.75, 3.05) is 0 Å². The third-order valence-electron chi connectivity index (χ3n) is 1.90. The van der Waals surface area contributed by atoms with Crippen LogP contribution in [0.15, 0.2) is 20.8 Å². The van der Waals surface area contributed by atoms with E-state index in [2.05, 4.69) is 0 Å². The quantitative estimate of drug-likeness (QED) is 0.643. The van der Waals surface area contributed by atoms with E-state index in [0.717, 1.165) is 3.58 Å². The van der Waals surface area contributed by atoms with E-state index in [1.165, 1.54) is 0 Å².